The number of hydrogen-bond acceptors (Lipinski definition) is 7. The van der Waals surface area contributed by atoms with Crippen molar-refractivity contribution < 1.29 is 17.9 Å². The van der Waals surface area contributed by atoms with E-state index in [-0.39, 0.29) is 42.5 Å². The Bertz CT molecular complexity index is 1290. The van der Waals surface area contributed by atoms with Crippen molar-refractivity contribution >= 4 is 27.3 Å². The molecule has 2 aromatic carbocycles. The normalized spacial score (nSPS) is 14.7. The van der Waals surface area contributed by atoms with Gasteiger partial charge in [0.2, 0.25) is 10.0 Å². The molecular weight excluding hydrogens is 448 g/mol. The SMILES string of the molecule is COc1ccccc1-c1nc(C(=O)N2CCN(S(=O)(=O)c3ccccc3C#N)CC2)cs1. The molecule has 0 N–H and O–H groups in total. The van der Waals surface area contributed by atoms with Crippen molar-refractivity contribution in [2.75, 3.05) is 33.3 Å². The molecule has 1 aromatic heterocycles. The molecule has 0 spiro atoms. The van der Waals surface area contributed by atoms with Gasteiger partial charge in [-0.3, -0.25) is 4.79 Å². The summed E-state index contributed by atoms with van der Waals surface area (Å²) in [5.74, 6) is 0.439. The number of piperazine rings is 1. The number of thiazole rings is 1. The number of hydrogen-bond donors (Lipinski definition) is 0. The lowest BCUT2D eigenvalue weighted by atomic mass is 10.2. The first-order chi connectivity index (χ1) is 15.5. The number of carbonyl (C=O) groups excluding carboxylic acids is 1. The number of amides is 1. The van der Waals surface area contributed by atoms with Crippen molar-refractivity contribution in [3.05, 3.63) is 65.2 Å². The van der Waals surface area contributed by atoms with Gasteiger partial charge in [0.15, 0.2) is 0 Å². The second kappa shape index (κ2) is 9.08. The molecular formula is C22H20N4O4S2. The van der Waals surface area contributed by atoms with Gasteiger partial charge in [0.25, 0.3) is 5.91 Å². The quantitative estimate of drug-likeness (QED) is 0.570. The largest absolute Gasteiger partial charge is 0.496 e. The van der Waals surface area contributed by atoms with E-state index in [4.69, 9.17) is 4.74 Å². The van der Waals surface area contributed by atoms with Crippen LogP contribution in [0.5, 0.6) is 5.75 Å². The van der Waals surface area contributed by atoms with Crippen LogP contribution < -0.4 is 4.74 Å². The maximum absolute atomic E-state index is 13.0. The molecule has 0 bridgehead atoms. The Morgan fingerprint density at radius 2 is 1.78 bits per heavy atom. The summed E-state index contributed by atoms with van der Waals surface area (Å²) >= 11 is 1.36. The summed E-state index contributed by atoms with van der Waals surface area (Å²) in [6.45, 7) is 0.789. The van der Waals surface area contributed by atoms with E-state index < -0.39 is 10.0 Å². The van der Waals surface area contributed by atoms with Crippen LogP contribution in [0.3, 0.4) is 0 Å². The van der Waals surface area contributed by atoms with Gasteiger partial charge in [-0.25, -0.2) is 13.4 Å². The lowest BCUT2D eigenvalue weighted by Gasteiger charge is -2.33. The van der Waals surface area contributed by atoms with Gasteiger partial charge in [-0.2, -0.15) is 9.57 Å². The number of carbonyl (C=O) groups is 1. The highest BCUT2D eigenvalue weighted by Gasteiger charge is 2.32. The summed E-state index contributed by atoms with van der Waals surface area (Å²) in [7, 11) is -2.23. The minimum absolute atomic E-state index is 0.0109. The maximum Gasteiger partial charge on any atom is 0.273 e. The molecule has 1 aliphatic rings. The first kappa shape index (κ1) is 22.0. The first-order valence-corrected chi connectivity index (χ1v) is 12.1. The summed E-state index contributed by atoms with van der Waals surface area (Å²) in [5, 5.41) is 11.6. The molecule has 10 heteroatoms. The Hall–Kier alpha value is -3.26. The zero-order valence-electron chi connectivity index (χ0n) is 17.3. The molecule has 2 heterocycles. The number of sulfonamides is 1. The third-order valence-electron chi connectivity index (χ3n) is 5.21. The molecule has 1 amide bonds. The predicted octanol–water partition coefficient (Wildman–Crippen LogP) is 2.84. The molecule has 164 valence electrons. The van der Waals surface area contributed by atoms with E-state index in [2.05, 4.69) is 4.98 Å². The van der Waals surface area contributed by atoms with Crippen LogP contribution >= 0.6 is 11.3 Å². The van der Waals surface area contributed by atoms with E-state index >= 15 is 0 Å². The highest BCUT2D eigenvalue weighted by Crippen LogP contribution is 2.32. The number of nitrogens with zero attached hydrogens (tertiary/aromatic N) is 4. The van der Waals surface area contributed by atoms with Gasteiger partial charge in [0.05, 0.1) is 23.1 Å². The lowest BCUT2D eigenvalue weighted by Crippen LogP contribution is -2.50. The number of methoxy groups -OCH3 is 1. The van der Waals surface area contributed by atoms with Crippen LogP contribution in [-0.4, -0.2) is 61.8 Å². The minimum atomic E-state index is -3.81. The van der Waals surface area contributed by atoms with E-state index in [1.54, 1.807) is 29.5 Å². The summed E-state index contributed by atoms with van der Waals surface area (Å²) in [5.41, 5.74) is 1.24. The summed E-state index contributed by atoms with van der Waals surface area (Å²) < 4.78 is 32.7. The van der Waals surface area contributed by atoms with E-state index in [9.17, 15) is 18.5 Å². The molecule has 1 saturated heterocycles. The van der Waals surface area contributed by atoms with Crippen molar-refractivity contribution in [1.82, 2.24) is 14.2 Å². The fourth-order valence-corrected chi connectivity index (χ4v) is 5.92. The Morgan fingerprint density at radius 3 is 2.50 bits per heavy atom. The molecule has 1 aliphatic heterocycles. The van der Waals surface area contributed by atoms with Crippen molar-refractivity contribution in [3.8, 4) is 22.4 Å². The monoisotopic (exact) mass is 468 g/mol. The fraction of sp³-hybridized carbons (Fsp3) is 0.227. The van der Waals surface area contributed by atoms with Crippen LogP contribution in [0.15, 0.2) is 58.8 Å². The van der Waals surface area contributed by atoms with E-state index in [0.717, 1.165) is 5.56 Å². The zero-order chi connectivity index (χ0) is 22.7. The summed E-state index contributed by atoms with van der Waals surface area (Å²) in [6.07, 6.45) is 0. The topological polar surface area (TPSA) is 104 Å². The molecule has 32 heavy (non-hydrogen) atoms. The molecule has 1 fully saturated rings. The molecule has 8 nitrogen and oxygen atoms in total. The van der Waals surface area contributed by atoms with Crippen molar-refractivity contribution in [2.45, 2.75) is 4.90 Å². The van der Waals surface area contributed by atoms with Gasteiger partial charge in [-0.1, -0.05) is 24.3 Å². The van der Waals surface area contributed by atoms with E-state index in [0.29, 0.717) is 16.5 Å². The molecule has 4 rings (SSSR count). The molecule has 0 saturated carbocycles. The van der Waals surface area contributed by atoms with E-state index in [1.807, 2.05) is 30.3 Å². The maximum atomic E-state index is 13.0. The average molecular weight is 469 g/mol. The molecule has 3 aromatic rings. The Labute approximate surface area is 190 Å². The highest BCUT2D eigenvalue weighted by molar-refractivity contribution is 7.89. The average Bonchev–Trinajstić information content (AvgIpc) is 3.33. The highest BCUT2D eigenvalue weighted by atomic mass is 32.2. The Balaban J connectivity index is 1.47. The third-order valence-corrected chi connectivity index (χ3v) is 8.04. The van der Waals surface area contributed by atoms with Crippen LogP contribution in [0.4, 0.5) is 0 Å². The number of para-hydroxylation sites is 1. The minimum Gasteiger partial charge on any atom is -0.496 e. The first-order valence-electron chi connectivity index (χ1n) is 9.83. The number of aromatic nitrogens is 1. The third kappa shape index (κ3) is 4.10. The second-order valence-corrected chi connectivity index (χ2v) is 9.81. The van der Waals surface area contributed by atoms with Crippen LogP contribution in [0, 0.1) is 11.3 Å². The second-order valence-electron chi connectivity index (χ2n) is 7.04. The fourth-order valence-electron chi connectivity index (χ4n) is 3.53. The number of nitriles is 1. The van der Waals surface area contributed by atoms with Crippen molar-refractivity contribution in [1.29, 1.82) is 5.26 Å². The standard InChI is InChI=1S/C22H20N4O4S2/c1-30-19-8-4-3-7-17(19)21-24-18(15-31-21)22(27)25-10-12-26(13-11-25)32(28,29)20-9-5-2-6-16(20)14-23/h2-9,15H,10-13H2,1H3. The smallest absolute Gasteiger partial charge is 0.273 e. The Morgan fingerprint density at radius 1 is 1.09 bits per heavy atom. The number of rotatable bonds is 5. The lowest BCUT2D eigenvalue weighted by molar-refractivity contribution is 0.0693. The Kier molecular flexibility index (Phi) is 6.23. The van der Waals surface area contributed by atoms with Crippen LogP contribution in [-0.2, 0) is 10.0 Å². The van der Waals surface area contributed by atoms with Crippen molar-refractivity contribution in [3.63, 3.8) is 0 Å². The van der Waals surface area contributed by atoms with Crippen LogP contribution in [0.1, 0.15) is 16.1 Å². The van der Waals surface area contributed by atoms with Gasteiger partial charge in [-0.05, 0) is 24.3 Å². The van der Waals surface area contributed by atoms with Gasteiger partial charge in [0, 0.05) is 31.6 Å². The zero-order valence-corrected chi connectivity index (χ0v) is 18.9. The predicted molar refractivity (Wildman–Crippen MR) is 120 cm³/mol. The van der Waals surface area contributed by atoms with Gasteiger partial charge in [-0.15, -0.1) is 11.3 Å². The van der Waals surface area contributed by atoms with Gasteiger partial charge in [0.1, 0.15) is 22.5 Å². The van der Waals surface area contributed by atoms with Crippen molar-refractivity contribution in [2.24, 2.45) is 0 Å². The molecule has 0 aliphatic carbocycles. The van der Waals surface area contributed by atoms with E-state index in [1.165, 1.54) is 27.8 Å². The van der Waals surface area contributed by atoms with Crippen LogP contribution in [0.25, 0.3) is 10.6 Å². The van der Waals surface area contributed by atoms with Crippen LogP contribution in [0.2, 0.25) is 0 Å². The summed E-state index contributed by atoms with van der Waals surface area (Å²) in [6, 6.07) is 15.5. The van der Waals surface area contributed by atoms with Gasteiger partial charge >= 0.3 is 0 Å². The molecule has 0 radical (unpaired) electrons. The summed E-state index contributed by atoms with van der Waals surface area (Å²) in [4.78, 5) is 19.0. The molecule has 0 unspecified atom stereocenters. The van der Waals surface area contributed by atoms with Gasteiger partial charge < -0.3 is 9.64 Å². The number of ether oxygens (including phenoxy) is 1. The molecule has 0 atom stereocenters. The number of benzene rings is 2.